The van der Waals surface area contributed by atoms with E-state index in [2.05, 4.69) is 17.2 Å². The second kappa shape index (κ2) is 4.72. The van der Waals surface area contributed by atoms with Crippen LogP contribution in [0, 0.1) is 0 Å². The fourth-order valence-corrected chi connectivity index (χ4v) is 2.07. The monoisotopic (exact) mass is 227 g/mol. The smallest absolute Gasteiger partial charge is 0.244 e. The molecule has 0 saturated heterocycles. The van der Waals surface area contributed by atoms with E-state index in [0.717, 1.165) is 11.4 Å². The van der Waals surface area contributed by atoms with Gasteiger partial charge in [0.15, 0.2) is 0 Å². The van der Waals surface area contributed by atoms with Gasteiger partial charge in [0.2, 0.25) is 5.91 Å². The summed E-state index contributed by atoms with van der Waals surface area (Å²) in [5, 5.41) is 5.78. The zero-order valence-electron chi connectivity index (χ0n) is 9.28. The minimum absolute atomic E-state index is 0.228. The van der Waals surface area contributed by atoms with Crippen LogP contribution in [-0.4, -0.2) is 16.9 Å². The summed E-state index contributed by atoms with van der Waals surface area (Å²) in [6, 6.07) is 0.228. The van der Waals surface area contributed by atoms with Crippen LogP contribution < -0.4 is 11.1 Å². The predicted octanol–water partition coefficient (Wildman–Crippen LogP) is 1.23. The molecular formula is C10H17N3OS. The molecule has 1 aromatic rings. The first kappa shape index (κ1) is 12.1. The molecule has 0 saturated carbocycles. The van der Waals surface area contributed by atoms with Crippen molar-refractivity contribution in [3.63, 3.8) is 0 Å². The Hall–Kier alpha value is -0.940. The Bertz CT molecular complexity index is 325. The SMILES string of the molecule is CCC(C)NC(C)(C(N)=O)c1nccs1. The average molecular weight is 227 g/mol. The molecule has 4 nitrogen and oxygen atoms in total. The number of hydrogen-bond donors (Lipinski definition) is 2. The van der Waals surface area contributed by atoms with Crippen LogP contribution in [0.3, 0.4) is 0 Å². The molecule has 0 aliphatic heterocycles. The van der Waals surface area contributed by atoms with Crippen LogP contribution in [-0.2, 0) is 10.3 Å². The number of amides is 1. The van der Waals surface area contributed by atoms with E-state index in [1.165, 1.54) is 11.3 Å². The summed E-state index contributed by atoms with van der Waals surface area (Å²) in [6.07, 6.45) is 2.62. The van der Waals surface area contributed by atoms with Crippen molar-refractivity contribution in [1.29, 1.82) is 0 Å². The van der Waals surface area contributed by atoms with Gasteiger partial charge in [-0.2, -0.15) is 0 Å². The molecule has 1 aromatic heterocycles. The number of thiazole rings is 1. The molecule has 15 heavy (non-hydrogen) atoms. The van der Waals surface area contributed by atoms with Crippen molar-refractivity contribution in [3.05, 3.63) is 16.6 Å². The number of nitrogens with zero attached hydrogens (tertiary/aromatic N) is 1. The predicted molar refractivity (Wildman–Crippen MR) is 61.5 cm³/mol. The quantitative estimate of drug-likeness (QED) is 0.795. The lowest BCUT2D eigenvalue weighted by molar-refractivity contribution is -0.124. The van der Waals surface area contributed by atoms with E-state index >= 15 is 0 Å². The maximum absolute atomic E-state index is 11.5. The fraction of sp³-hybridized carbons (Fsp3) is 0.600. The van der Waals surface area contributed by atoms with Gasteiger partial charge in [0.1, 0.15) is 10.5 Å². The van der Waals surface area contributed by atoms with Gasteiger partial charge in [0.25, 0.3) is 0 Å². The highest BCUT2D eigenvalue weighted by Crippen LogP contribution is 2.23. The van der Waals surface area contributed by atoms with E-state index in [1.54, 1.807) is 13.1 Å². The summed E-state index contributed by atoms with van der Waals surface area (Å²) in [6.45, 7) is 5.86. The lowest BCUT2D eigenvalue weighted by atomic mass is 10.0. The number of primary amides is 1. The summed E-state index contributed by atoms with van der Waals surface area (Å²) in [5.41, 5.74) is 4.57. The Morgan fingerprint density at radius 2 is 2.47 bits per heavy atom. The average Bonchev–Trinajstić information content (AvgIpc) is 2.70. The maximum Gasteiger partial charge on any atom is 0.244 e. The standard InChI is InChI=1S/C10H17N3OS/c1-4-7(2)13-10(3,8(11)14)9-12-5-6-15-9/h5-7,13H,4H2,1-3H3,(H2,11,14). The molecule has 0 spiro atoms. The Morgan fingerprint density at radius 1 is 1.80 bits per heavy atom. The molecule has 3 N–H and O–H groups in total. The van der Waals surface area contributed by atoms with Crippen molar-refractivity contribution in [3.8, 4) is 0 Å². The van der Waals surface area contributed by atoms with Crippen LogP contribution in [0.25, 0.3) is 0 Å². The number of nitrogens with two attached hydrogens (primary N) is 1. The van der Waals surface area contributed by atoms with Crippen LogP contribution in [0.2, 0.25) is 0 Å². The zero-order chi connectivity index (χ0) is 11.5. The molecule has 2 atom stereocenters. The molecule has 1 rings (SSSR count). The van der Waals surface area contributed by atoms with Gasteiger partial charge in [-0.05, 0) is 20.3 Å². The first-order chi connectivity index (χ1) is 7.00. The van der Waals surface area contributed by atoms with Gasteiger partial charge >= 0.3 is 0 Å². The number of carbonyl (C=O) groups is 1. The van der Waals surface area contributed by atoms with Crippen molar-refractivity contribution in [2.24, 2.45) is 5.73 Å². The number of hydrogen-bond acceptors (Lipinski definition) is 4. The first-order valence-electron chi connectivity index (χ1n) is 4.98. The van der Waals surface area contributed by atoms with E-state index in [0.29, 0.717) is 0 Å². The van der Waals surface area contributed by atoms with Gasteiger partial charge in [-0.25, -0.2) is 4.98 Å². The lowest BCUT2D eigenvalue weighted by Crippen LogP contribution is -2.53. The number of carbonyl (C=O) groups excluding carboxylic acids is 1. The molecule has 0 aliphatic rings. The molecule has 0 bridgehead atoms. The molecule has 0 fully saturated rings. The topological polar surface area (TPSA) is 68.0 Å². The summed E-state index contributed by atoms with van der Waals surface area (Å²) >= 11 is 1.44. The molecule has 84 valence electrons. The zero-order valence-corrected chi connectivity index (χ0v) is 10.1. The highest BCUT2D eigenvalue weighted by atomic mass is 32.1. The van der Waals surface area contributed by atoms with E-state index < -0.39 is 11.4 Å². The van der Waals surface area contributed by atoms with Crippen LogP contribution in [0.15, 0.2) is 11.6 Å². The summed E-state index contributed by atoms with van der Waals surface area (Å²) in [5.74, 6) is -0.391. The molecule has 5 heteroatoms. The highest BCUT2D eigenvalue weighted by molar-refractivity contribution is 7.09. The third kappa shape index (κ3) is 2.54. The van der Waals surface area contributed by atoms with Crippen molar-refractivity contribution in [1.82, 2.24) is 10.3 Å². The molecule has 0 radical (unpaired) electrons. The van der Waals surface area contributed by atoms with Crippen LogP contribution in [0.1, 0.15) is 32.2 Å². The maximum atomic E-state index is 11.5. The van der Waals surface area contributed by atoms with Crippen molar-refractivity contribution >= 4 is 17.2 Å². The lowest BCUT2D eigenvalue weighted by Gasteiger charge is -2.28. The Kier molecular flexibility index (Phi) is 3.82. The van der Waals surface area contributed by atoms with Gasteiger partial charge < -0.3 is 5.73 Å². The Balaban J connectivity index is 2.94. The van der Waals surface area contributed by atoms with Crippen LogP contribution in [0.4, 0.5) is 0 Å². The number of aromatic nitrogens is 1. The Labute approximate surface area is 93.9 Å². The second-order valence-electron chi connectivity index (χ2n) is 3.78. The van der Waals surface area contributed by atoms with E-state index in [9.17, 15) is 4.79 Å². The first-order valence-corrected chi connectivity index (χ1v) is 5.86. The van der Waals surface area contributed by atoms with Crippen molar-refractivity contribution in [2.75, 3.05) is 0 Å². The normalized spacial score (nSPS) is 17.0. The van der Waals surface area contributed by atoms with Gasteiger partial charge in [-0.3, -0.25) is 10.1 Å². The molecule has 1 heterocycles. The van der Waals surface area contributed by atoms with Gasteiger partial charge in [0.05, 0.1) is 0 Å². The van der Waals surface area contributed by atoms with Gasteiger partial charge in [-0.1, -0.05) is 6.92 Å². The molecule has 1 amide bonds. The third-order valence-corrected chi connectivity index (χ3v) is 3.50. The second-order valence-corrected chi connectivity index (χ2v) is 4.67. The Morgan fingerprint density at radius 3 is 2.87 bits per heavy atom. The summed E-state index contributed by atoms with van der Waals surface area (Å²) in [4.78, 5) is 15.6. The summed E-state index contributed by atoms with van der Waals surface area (Å²) in [7, 11) is 0. The minimum Gasteiger partial charge on any atom is -0.368 e. The minimum atomic E-state index is -0.858. The van der Waals surface area contributed by atoms with E-state index in [4.69, 9.17) is 5.73 Å². The van der Waals surface area contributed by atoms with E-state index in [-0.39, 0.29) is 6.04 Å². The third-order valence-electron chi connectivity index (χ3n) is 2.50. The largest absolute Gasteiger partial charge is 0.368 e. The van der Waals surface area contributed by atoms with Crippen LogP contribution >= 0.6 is 11.3 Å². The molecule has 0 aliphatic carbocycles. The van der Waals surface area contributed by atoms with Crippen molar-refractivity contribution < 1.29 is 4.79 Å². The summed E-state index contributed by atoms with van der Waals surface area (Å²) < 4.78 is 0. The van der Waals surface area contributed by atoms with Crippen molar-refractivity contribution in [2.45, 2.75) is 38.8 Å². The molecule has 0 aromatic carbocycles. The van der Waals surface area contributed by atoms with Gasteiger partial charge in [-0.15, -0.1) is 11.3 Å². The number of rotatable bonds is 5. The van der Waals surface area contributed by atoms with Crippen LogP contribution in [0.5, 0.6) is 0 Å². The van der Waals surface area contributed by atoms with E-state index in [1.807, 2.05) is 12.3 Å². The van der Waals surface area contributed by atoms with Gasteiger partial charge in [0, 0.05) is 17.6 Å². The molecular weight excluding hydrogens is 210 g/mol. The highest BCUT2D eigenvalue weighted by Gasteiger charge is 2.36. The number of nitrogens with one attached hydrogen (secondary N) is 1. The molecule has 2 unspecified atom stereocenters. The fourth-order valence-electron chi connectivity index (χ4n) is 1.30.